The van der Waals surface area contributed by atoms with Gasteiger partial charge in [-0.25, -0.2) is 4.79 Å². The Morgan fingerprint density at radius 2 is 2.07 bits per heavy atom. The van der Waals surface area contributed by atoms with Gasteiger partial charge >= 0.3 is 6.03 Å². The number of nitrogens with two attached hydrogens (primary N) is 1. The standard InChI is InChI=1S/C18H25N4O5/c19-14(25)18-9-13(24)10-22(18)16(27)20-7-5-3-1-2-4-6-12-8-17(12,11-23)21-15(18)26/h4,6,12-13,24H,1-3,5,7-10H2,(H2,19,25)(H,20,27)(H,21,26)/b6-4+. The van der Waals surface area contributed by atoms with Crippen LogP contribution in [0.25, 0.3) is 0 Å². The molecule has 4 atom stereocenters. The minimum absolute atomic E-state index is 0.191. The molecule has 0 aromatic carbocycles. The Labute approximate surface area is 157 Å². The van der Waals surface area contributed by atoms with Crippen LogP contribution in [0.2, 0.25) is 0 Å². The van der Waals surface area contributed by atoms with Gasteiger partial charge in [0.15, 0.2) is 0 Å². The van der Waals surface area contributed by atoms with Gasteiger partial charge in [0.2, 0.25) is 11.8 Å². The van der Waals surface area contributed by atoms with E-state index in [2.05, 4.69) is 10.6 Å². The molecule has 1 saturated carbocycles. The molecule has 1 saturated heterocycles. The molecule has 0 bridgehead atoms. The lowest BCUT2D eigenvalue weighted by Gasteiger charge is -2.34. The van der Waals surface area contributed by atoms with Gasteiger partial charge in [-0.15, -0.1) is 0 Å². The number of hydrogen-bond acceptors (Lipinski definition) is 5. The van der Waals surface area contributed by atoms with Crippen LogP contribution in [0.3, 0.4) is 0 Å². The summed E-state index contributed by atoms with van der Waals surface area (Å²) in [6.45, 7) is 0.198. The van der Waals surface area contributed by atoms with Gasteiger partial charge in [0.05, 0.1) is 12.6 Å². The number of fused-ring (bicyclic) bond motifs is 2. The number of hydrogen-bond donors (Lipinski definition) is 4. The first-order valence-electron chi connectivity index (χ1n) is 9.28. The first-order valence-corrected chi connectivity index (χ1v) is 9.28. The number of carbonyl (C=O) groups is 3. The van der Waals surface area contributed by atoms with Gasteiger partial charge in [0.25, 0.3) is 11.8 Å². The second-order valence-corrected chi connectivity index (χ2v) is 7.54. The van der Waals surface area contributed by atoms with Gasteiger partial charge in [-0.05, 0) is 25.7 Å². The van der Waals surface area contributed by atoms with Crippen molar-refractivity contribution in [2.24, 2.45) is 11.7 Å². The molecule has 1 radical (unpaired) electrons. The fourth-order valence-electron chi connectivity index (χ4n) is 3.93. The molecule has 3 rings (SSSR count). The molecule has 2 aliphatic heterocycles. The minimum atomic E-state index is -2.04. The zero-order chi connectivity index (χ0) is 19.7. The second kappa shape index (κ2) is 7.30. The molecule has 0 aromatic heterocycles. The summed E-state index contributed by atoms with van der Waals surface area (Å²) in [5, 5.41) is 15.3. The smallest absolute Gasteiger partial charge is 0.318 e. The van der Waals surface area contributed by atoms with Gasteiger partial charge in [-0.1, -0.05) is 18.6 Å². The number of nitrogens with zero attached hydrogens (tertiary/aromatic N) is 1. The molecule has 5 N–H and O–H groups in total. The van der Waals surface area contributed by atoms with Crippen LogP contribution in [-0.2, 0) is 14.4 Å². The van der Waals surface area contributed by atoms with Gasteiger partial charge in [0.1, 0.15) is 5.54 Å². The Kier molecular flexibility index (Phi) is 5.23. The van der Waals surface area contributed by atoms with Crippen LogP contribution in [0.5, 0.6) is 0 Å². The normalized spacial score (nSPS) is 38.3. The summed E-state index contributed by atoms with van der Waals surface area (Å²) in [6.07, 6.45) is 8.16. The summed E-state index contributed by atoms with van der Waals surface area (Å²) in [4.78, 5) is 50.4. The van der Waals surface area contributed by atoms with Crippen molar-refractivity contribution in [1.29, 1.82) is 0 Å². The van der Waals surface area contributed by atoms with E-state index < -0.39 is 35.0 Å². The summed E-state index contributed by atoms with van der Waals surface area (Å²) >= 11 is 0. The van der Waals surface area contributed by atoms with Crippen LogP contribution >= 0.6 is 0 Å². The van der Waals surface area contributed by atoms with Gasteiger partial charge < -0.3 is 21.5 Å². The van der Waals surface area contributed by atoms with Crippen molar-refractivity contribution >= 4 is 24.1 Å². The SMILES string of the molecule is NC(=O)C12CC(O)CN1C(=O)NCCCCC/C=C/C1CC1([C]=O)NC2=O. The van der Waals surface area contributed by atoms with E-state index in [0.29, 0.717) is 13.0 Å². The van der Waals surface area contributed by atoms with E-state index in [-0.39, 0.29) is 18.9 Å². The number of aliphatic hydroxyl groups excluding tert-OH is 1. The number of rotatable bonds is 2. The largest absolute Gasteiger partial charge is 0.391 e. The molecule has 4 amide bonds. The predicted molar refractivity (Wildman–Crippen MR) is 94.9 cm³/mol. The Hall–Kier alpha value is -2.42. The van der Waals surface area contributed by atoms with E-state index >= 15 is 0 Å². The Morgan fingerprint density at radius 3 is 2.78 bits per heavy atom. The molecule has 2 heterocycles. The first-order chi connectivity index (χ1) is 12.9. The van der Waals surface area contributed by atoms with Crippen LogP contribution in [-0.4, -0.2) is 64.4 Å². The number of nitrogens with one attached hydrogen (secondary N) is 2. The maximum Gasteiger partial charge on any atom is 0.318 e. The van der Waals surface area contributed by atoms with Crippen LogP contribution in [0.1, 0.15) is 38.5 Å². The van der Waals surface area contributed by atoms with E-state index in [1.54, 1.807) is 0 Å². The van der Waals surface area contributed by atoms with Crippen molar-refractivity contribution in [3.8, 4) is 0 Å². The van der Waals surface area contributed by atoms with Crippen molar-refractivity contribution in [3.05, 3.63) is 12.2 Å². The van der Waals surface area contributed by atoms with Crippen LogP contribution < -0.4 is 16.4 Å². The third-order valence-electron chi connectivity index (χ3n) is 5.64. The highest BCUT2D eigenvalue weighted by atomic mass is 16.3. The third-order valence-corrected chi connectivity index (χ3v) is 5.64. The topological polar surface area (TPSA) is 142 Å². The lowest BCUT2D eigenvalue weighted by atomic mass is 9.92. The van der Waals surface area contributed by atoms with E-state index in [9.17, 15) is 24.3 Å². The number of β-amino-alcohol motifs (C(OH)–C–C–N with tert-alkyl or cyclic N) is 1. The molecule has 147 valence electrons. The molecule has 2 fully saturated rings. The highest BCUT2D eigenvalue weighted by Gasteiger charge is 2.62. The first kappa shape index (κ1) is 19.3. The number of amides is 4. The monoisotopic (exact) mass is 377 g/mol. The lowest BCUT2D eigenvalue weighted by Crippen LogP contribution is -2.67. The van der Waals surface area contributed by atoms with Gasteiger partial charge in [0, 0.05) is 18.9 Å². The molecular formula is C18H25N4O5. The van der Waals surface area contributed by atoms with Crippen LogP contribution in [0.4, 0.5) is 4.79 Å². The van der Waals surface area contributed by atoms with Crippen molar-refractivity contribution in [2.75, 3.05) is 13.1 Å². The maximum absolute atomic E-state index is 13.0. The van der Waals surface area contributed by atoms with Gasteiger partial charge in [-0.3, -0.25) is 19.3 Å². The molecule has 3 aliphatic rings. The van der Waals surface area contributed by atoms with Crippen molar-refractivity contribution in [3.63, 3.8) is 0 Å². The Balaban J connectivity index is 1.93. The predicted octanol–water partition coefficient (Wildman–Crippen LogP) is -0.898. The second-order valence-electron chi connectivity index (χ2n) is 7.54. The molecule has 4 unspecified atom stereocenters. The molecule has 9 heteroatoms. The number of primary amides is 1. The highest BCUT2D eigenvalue weighted by molar-refractivity contribution is 6.12. The Bertz CT molecular complexity index is 681. The van der Waals surface area contributed by atoms with Gasteiger partial charge in [-0.2, -0.15) is 0 Å². The number of allylic oxidation sites excluding steroid dienone is 1. The zero-order valence-corrected chi connectivity index (χ0v) is 15.1. The van der Waals surface area contributed by atoms with E-state index in [4.69, 9.17) is 5.73 Å². The summed E-state index contributed by atoms with van der Waals surface area (Å²) in [6, 6.07) is -0.634. The molecule has 9 nitrogen and oxygen atoms in total. The lowest BCUT2D eigenvalue weighted by molar-refractivity contribution is -0.141. The van der Waals surface area contributed by atoms with E-state index in [0.717, 1.165) is 30.6 Å². The van der Waals surface area contributed by atoms with E-state index in [1.165, 1.54) is 0 Å². The summed E-state index contributed by atoms with van der Waals surface area (Å²) in [5.41, 5.74) is 2.26. The highest BCUT2D eigenvalue weighted by Crippen LogP contribution is 2.44. The Morgan fingerprint density at radius 1 is 1.30 bits per heavy atom. The number of carbonyl (C=O) groups excluding carboxylic acids is 4. The molecule has 27 heavy (non-hydrogen) atoms. The van der Waals surface area contributed by atoms with Crippen LogP contribution in [0.15, 0.2) is 12.2 Å². The number of aliphatic hydroxyl groups is 1. The summed E-state index contributed by atoms with van der Waals surface area (Å²) in [5.74, 6) is -2.09. The average molecular weight is 377 g/mol. The number of urea groups is 1. The molecule has 0 spiro atoms. The summed E-state index contributed by atoms with van der Waals surface area (Å²) < 4.78 is 0. The van der Waals surface area contributed by atoms with Crippen LogP contribution in [0, 0.1) is 5.92 Å². The third kappa shape index (κ3) is 3.43. The average Bonchev–Trinajstić information content (AvgIpc) is 3.17. The van der Waals surface area contributed by atoms with Crippen molar-refractivity contribution < 1.29 is 24.3 Å². The molecular weight excluding hydrogens is 352 g/mol. The van der Waals surface area contributed by atoms with Crippen molar-refractivity contribution in [1.82, 2.24) is 15.5 Å². The minimum Gasteiger partial charge on any atom is -0.391 e. The van der Waals surface area contributed by atoms with Crippen molar-refractivity contribution in [2.45, 2.75) is 55.7 Å². The molecule has 0 aromatic rings. The maximum atomic E-state index is 13.0. The van der Waals surface area contributed by atoms with E-state index in [1.807, 2.05) is 18.4 Å². The fourth-order valence-corrected chi connectivity index (χ4v) is 3.93. The fraction of sp³-hybridized carbons (Fsp3) is 0.667. The summed E-state index contributed by atoms with van der Waals surface area (Å²) in [7, 11) is 0. The zero-order valence-electron chi connectivity index (χ0n) is 15.1. The quantitative estimate of drug-likeness (QED) is 0.364. The molecule has 1 aliphatic carbocycles.